The Balaban J connectivity index is 2.29. The smallest absolute Gasteiger partial charge is 0.306 e. The molecule has 1 heterocycles. The van der Waals surface area contributed by atoms with E-state index in [2.05, 4.69) is 32.6 Å². The predicted octanol–water partition coefficient (Wildman–Crippen LogP) is 14.7. The summed E-state index contributed by atoms with van der Waals surface area (Å²) in [5.41, 5.74) is 0. The summed E-state index contributed by atoms with van der Waals surface area (Å²) in [7, 11) is 0. The fourth-order valence-electron chi connectivity index (χ4n) is 8.90. The first-order chi connectivity index (χ1) is 29.9. The molecule has 1 fully saturated rings. The number of esters is 3. The van der Waals surface area contributed by atoms with Crippen molar-refractivity contribution in [3.63, 3.8) is 0 Å². The lowest BCUT2D eigenvalue weighted by molar-refractivity contribution is -0.150. The summed E-state index contributed by atoms with van der Waals surface area (Å²) >= 11 is 0. The van der Waals surface area contributed by atoms with Crippen LogP contribution in [0.25, 0.3) is 0 Å². The molecule has 1 unspecified atom stereocenters. The lowest BCUT2D eigenvalue weighted by Gasteiger charge is -2.26. The van der Waals surface area contributed by atoms with Crippen LogP contribution in [-0.4, -0.2) is 75.0 Å². The summed E-state index contributed by atoms with van der Waals surface area (Å²) in [6, 6.07) is 0. The van der Waals surface area contributed by atoms with Crippen LogP contribution in [0, 0.1) is 11.8 Å². The van der Waals surface area contributed by atoms with Gasteiger partial charge in [0.2, 0.25) is 0 Å². The number of carbonyl (C=O) groups excluding carboxylic acids is 3. The Labute approximate surface area is 377 Å². The largest absolute Gasteiger partial charge is 0.466 e. The Hall–Kier alpha value is -1.67. The molecule has 8 heteroatoms. The molecule has 1 saturated heterocycles. The lowest BCUT2D eigenvalue weighted by atomic mass is 9.92. The van der Waals surface area contributed by atoms with E-state index in [1.807, 2.05) is 0 Å². The van der Waals surface area contributed by atoms with Gasteiger partial charge in [-0.2, -0.15) is 0 Å². The van der Waals surface area contributed by atoms with Gasteiger partial charge in [-0.1, -0.05) is 182 Å². The van der Waals surface area contributed by atoms with Crippen molar-refractivity contribution in [2.75, 3.05) is 46.1 Å². The molecular weight excluding hydrogens is 763 g/mol. The van der Waals surface area contributed by atoms with Gasteiger partial charge in [-0.05, 0) is 76.2 Å². The summed E-state index contributed by atoms with van der Waals surface area (Å²) < 4.78 is 22.9. The molecule has 8 nitrogen and oxygen atoms in total. The van der Waals surface area contributed by atoms with E-state index in [9.17, 15) is 14.4 Å². The predicted molar refractivity (Wildman–Crippen MR) is 255 cm³/mol. The van der Waals surface area contributed by atoms with Gasteiger partial charge in [-0.25, -0.2) is 0 Å². The minimum Gasteiger partial charge on any atom is -0.466 e. The minimum absolute atomic E-state index is 0.00684. The Morgan fingerprint density at radius 2 is 0.787 bits per heavy atom. The Morgan fingerprint density at radius 3 is 1.20 bits per heavy atom. The molecule has 0 aromatic heterocycles. The molecular formula is C53H101NO7. The van der Waals surface area contributed by atoms with Crippen LogP contribution >= 0.6 is 0 Å². The summed E-state index contributed by atoms with van der Waals surface area (Å²) in [6.07, 6.45) is 39.7. The summed E-state index contributed by atoms with van der Waals surface area (Å²) in [5, 5.41) is 0. The molecule has 0 aliphatic carbocycles. The number of hydrogen-bond acceptors (Lipinski definition) is 8. The third kappa shape index (κ3) is 37.4. The van der Waals surface area contributed by atoms with Gasteiger partial charge in [0.05, 0.1) is 26.4 Å². The van der Waals surface area contributed by atoms with E-state index in [0.717, 1.165) is 129 Å². The zero-order valence-corrected chi connectivity index (χ0v) is 40.9. The second-order valence-electron chi connectivity index (χ2n) is 18.7. The average molecular weight is 864 g/mol. The molecule has 0 amide bonds. The van der Waals surface area contributed by atoms with Gasteiger partial charge in [0.15, 0.2) is 0 Å². The van der Waals surface area contributed by atoms with E-state index in [1.54, 1.807) is 0 Å². The Bertz CT molecular complexity index is 966. The molecule has 1 aliphatic heterocycles. The zero-order chi connectivity index (χ0) is 44.3. The van der Waals surface area contributed by atoms with Gasteiger partial charge >= 0.3 is 17.9 Å². The lowest BCUT2D eigenvalue weighted by Crippen LogP contribution is -2.37. The van der Waals surface area contributed by atoms with Crippen LogP contribution in [-0.2, 0) is 33.3 Å². The monoisotopic (exact) mass is 864 g/mol. The average Bonchev–Trinajstić information content (AvgIpc) is 3.25. The first-order valence-corrected chi connectivity index (χ1v) is 26.7. The number of nitrogens with zero attached hydrogens (tertiary/aromatic N) is 1. The van der Waals surface area contributed by atoms with Gasteiger partial charge in [-0.15, -0.1) is 0 Å². The molecule has 61 heavy (non-hydrogen) atoms. The van der Waals surface area contributed by atoms with E-state index in [1.165, 1.54) is 116 Å². The second-order valence-corrected chi connectivity index (χ2v) is 18.7. The first-order valence-electron chi connectivity index (χ1n) is 26.7. The quantitative estimate of drug-likeness (QED) is 0.0340. The summed E-state index contributed by atoms with van der Waals surface area (Å²) in [5.74, 6) is 1.28. The number of carbonyl (C=O) groups is 3. The van der Waals surface area contributed by atoms with Crippen LogP contribution in [0.15, 0.2) is 0 Å². The molecule has 360 valence electrons. The van der Waals surface area contributed by atoms with E-state index >= 15 is 0 Å². The van der Waals surface area contributed by atoms with Crippen LogP contribution in [0.5, 0.6) is 0 Å². The number of ether oxygens (including phenoxy) is 4. The fourth-order valence-corrected chi connectivity index (χ4v) is 8.90. The third-order valence-electron chi connectivity index (χ3n) is 13.0. The standard InChI is InChI=1S/C53H101NO7/c1-5-9-21-30-48(31-22-10-6-2)39-44-59-51(55)36-27-19-15-13-14-17-25-34-50(61-53(57)38-29-41-54-42-46-58-47-43-54)35-26-18-16-20-28-37-52(56)60-45-40-49(32-23-11-7-3)33-24-12-8-4/h48-50H,5-47H2,1-4H3. The van der Waals surface area contributed by atoms with E-state index in [4.69, 9.17) is 18.9 Å². The normalized spacial score (nSPS) is 13.9. The van der Waals surface area contributed by atoms with Gasteiger partial charge in [0, 0.05) is 32.4 Å². The maximum atomic E-state index is 12.9. The molecule has 1 atom stereocenters. The highest BCUT2D eigenvalue weighted by atomic mass is 16.5. The summed E-state index contributed by atoms with van der Waals surface area (Å²) in [4.78, 5) is 40.1. The zero-order valence-electron chi connectivity index (χ0n) is 40.9. The molecule has 1 rings (SSSR count). The number of morpholine rings is 1. The van der Waals surface area contributed by atoms with Crippen molar-refractivity contribution in [1.29, 1.82) is 0 Å². The molecule has 0 radical (unpaired) electrons. The van der Waals surface area contributed by atoms with Crippen molar-refractivity contribution in [3.05, 3.63) is 0 Å². The van der Waals surface area contributed by atoms with Crippen molar-refractivity contribution in [2.45, 2.75) is 265 Å². The van der Waals surface area contributed by atoms with Crippen LogP contribution in [0.4, 0.5) is 0 Å². The highest BCUT2D eigenvalue weighted by molar-refractivity contribution is 5.70. The second kappa shape index (κ2) is 43.6. The molecule has 0 aromatic carbocycles. The van der Waals surface area contributed by atoms with Gasteiger partial charge < -0.3 is 18.9 Å². The molecule has 0 bridgehead atoms. The molecule has 1 aliphatic rings. The van der Waals surface area contributed by atoms with Crippen molar-refractivity contribution in [1.82, 2.24) is 4.90 Å². The number of hydrogen-bond donors (Lipinski definition) is 0. The topological polar surface area (TPSA) is 91.4 Å². The SMILES string of the molecule is CCCCCC(CCCCC)CCOC(=O)CCCCCCCCCC(CCCCCCCC(=O)OCCC(CCCCC)CCCCC)OC(=O)CCCN1CCOCC1. The van der Waals surface area contributed by atoms with Crippen molar-refractivity contribution in [3.8, 4) is 0 Å². The molecule has 0 spiro atoms. The summed E-state index contributed by atoms with van der Waals surface area (Å²) in [6.45, 7) is 14.6. The van der Waals surface area contributed by atoms with E-state index < -0.39 is 0 Å². The van der Waals surface area contributed by atoms with Crippen molar-refractivity contribution >= 4 is 17.9 Å². The Morgan fingerprint density at radius 1 is 0.426 bits per heavy atom. The van der Waals surface area contributed by atoms with Crippen molar-refractivity contribution < 1.29 is 33.3 Å². The maximum Gasteiger partial charge on any atom is 0.306 e. The highest BCUT2D eigenvalue weighted by Crippen LogP contribution is 2.23. The Kier molecular flexibility index (Phi) is 41.0. The van der Waals surface area contributed by atoms with Crippen LogP contribution in [0.1, 0.15) is 259 Å². The molecule has 0 saturated carbocycles. The van der Waals surface area contributed by atoms with Crippen molar-refractivity contribution in [2.24, 2.45) is 11.8 Å². The van der Waals surface area contributed by atoms with Gasteiger partial charge in [0.25, 0.3) is 0 Å². The minimum atomic E-state index is -0.0534. The van der Waals surface area contributed by atoms with Gasteiger partial charge in [-0.3, -0.25) is 19.3 Å². The first kappa shape index (κ1) is 57.3. The van der Waals surface area contributed by atoms with Crippen LogP contribution < -0.4 is 0 Å². The van der Waals surface area contributed by atoms with Gasteiger partial charge in [0.1, 0.15) is 6.10 Å². The van der Waals surface area contributed by atoms with Crippen LogP contribution in [0.3, 0.4) is 0 Å². The fraction of sp³-hybridized carbons (Fsp3) is 0.943. The number of unbranched alkanes of at least 4 members (excludes halogenated alkanes) is 18. The molecule has 0 N–H and O–H groups in total. The van der Waals surface area contributed by atoms with E-state index in [-0.39, 0.29) is 24.0 Å². The van der Waals surface area contributed by atoms with Crippen LogP contribution in [0.2, 0.25) is 0 Å². The van der Waals surface area contributed by atoms with E-state index in [0.29, 0.717) is 44.3 Å². The maximum absolute atomic E-state index is 12.9. The number of rotatable bonds is 45. The highest BCUT2D eigenvalue weighted by Gasteiger charge is 2.17. The third-order valence-corrected chi connectivity index (χ3v) is 13.0. The molecule has 0 aromatic rings.